The fourth-order valence-corrected chi connectivity index (χ4v) is 7.28. The second-order valence-corrected chi connectivity index (χ2v) is 11.0. The molecule has 0 fully saturated rings. The highest BCUT2D eigenvalue weighted by atomic mass is 35.6. The van der Waals surface area contributed by atoms with E-state index in [1.54, 1.807) is 0 Å². The van der Waals surface area contributed by atoms with Gasteiger partial charge in [-0.2, -0.15) is 11.1 Å². The molecule has 2 heteroatoms. The molecule has 92 valence electrons. The minimum atomic E-state index is -1.34. The van der Waals surface area contributed by atoms with Crippen molar-refractivity contribution in [3.63, 3.8) is 0 Å². The highest BCUT2D eigenvalue weighted by molar-refractivity contribution is 7.20. The Morgan fingerprint density at radius 2 is 1.20 bits per heavy atom. The lowest BCUT2D eigenvalue weighted by Gasteiger charge is -2.23. The van der Waals surface area contributed by atoms with Gasteiger partial charge in [0.2, 0.25) is 0 Å². The van der Waals surface area contributed by atoms with Crippen molar-refractivity contribution in [2.75, 3.05) is 0 Å². The lowest BCUT2D eigenvalue weighted by molar-refractivity contribution is 0.652. The number of hydrogen-bond donors (Lipinski definition) is 0. The Morgan fingerprint density at radius 1 is 0.667 bits per heavy atom. The molecule has 0 atom stereocenters. The third kappa shape index (κ3) is 8.33. The van der Waals surface area contributed by atoms with Gasteiger partial charge in [-0.25, -0.2) is 0 Å². The minimum absolute atomic E-state index is 1.28. The van der Waals surface area contributed by atoms with Crippen molar-refractivity contribution in [3.05, 3.63) is 0 Å². The first-order valence-electron chi connectivity index (χ1n) is 6.87. The summed E-state index contributed by atoms with van der Waals surface area (Å²) >= 11 is 6.79. The van der Waals surface area contributed by atoms with E-state index >= 15 is 0 Å². The van der Waals surface area contributed by atoms with Gasteiger partial charge in [0.25, 0.3) is 0 Å². The molecular formula is C13H29ClSi. The van der Waals surface area contributed by atoms with Gasteiger partial charge in [0, 0.05) is 0 Å². The Kier molecular flexibility index (Phi) is 10.0. The number of hydrogen-bond acceptors (Lipinski definition) is 0. The summed E-state index contributed by atoms with van der Waals surface area (Å²) in [5.41, 5.74) is 0. The van der Waals surface area contributed by atoms with Crippen molar-refractivity contribution in [2.24, 2.45) is 0 Å². The van der Waals surface area contributed by atoms with Crippen LogP contribution in [0.1, 0.15) is 65.7 Å². The van der Waals surface area contributed by atoms with E-state index in [2.05, 4.69) is 20.8 Å². The van der Waals surface area contributed by atoms with Gasteiger partial charge >= 0.3 is 0 Å². The zero-order valence-electron chi connectivity index (χ0n) is 10.9. The SMILES string of the molecule is CCCCCCC[Si](Cl)(CCC)CCC. The molecule has 0 saturated carbocycles. The molecular weight excluding hydrogens is 220 g/mol. The fraction of sp³-hybridized carbons (Fsp3) is 1.00. The summed E-state index contributed by atoms with van der Waals surface area (Å²) in [7, 11) is -1.34. The second-order valence-electron chi connectivity index (χ2n) is 4.82. The molecule has 0 aliphatic heterocycles. The molecule has 0 unspecified atom stereocenters. The monoisotopic (exact) mass is 248 g/mol. The van der Waals surface area contributed by atoms with Crippen LogP contribution in [0.25, 0.3) is 0 Å². The van der Waals surface area contributed by atoms with Crippen molar-refractivity contribution in [3.8, 4) is 0 Å². The molecule has 0 aromatic carbocycles. The van der Waals surface area contributed by atoms with Crippen LogP contribution in [-0.2, 0) is 0 Å². The van der Waals surface area contributed by atoms with E-state index in [1.165, 1.54) is 63.1 Å². The van der Waals surface area contributed by atoms with Crippen LogP contribution in [0, 0.1) is 0 Å². The van der Waals surface area contributed by atoms with Crippen LogP contribution in [0.5, 0.6) is 0 Å². The molecule has 15 heavy (non-hydrogen) atoms. The second kappa shape index (κ2) is 9.71. The van der Waals surface area contributed by atoms with E-state index in [4.69, 9.17) is 11.1 Å². The Hall–Kier alpha value is 0.507. The molecule has 0 bridgehead atoms. The molecule has 0 aromatic rings. The van der Waals surface area contributed by atoms with Crippen LogP contribution >= 0.6 is 11.1 Å². The van der Waals surface area contributed by atoms with Gasteiger partial charge in [-0.1, -0.05) is 65.7 Å². The zero-order valence-corrected chi connectivity index (χ0v) is 12.7. The van der Waals surface area contributed by atoms with E-state index in [-0.39, 0.29) is 0 Å². The quantitative estimate of drug-likeness (QED) is 0.254. The van der Waals surface area contributed by atoms with Gasteiger partial charge in [0.05, 0.1) is 0 Å². The van der Waals surface area contributed by atoms with Crippen LogP contribution < -0.4 is 0 Å². The molecule has 0 N–H and O–H groups in total. The first-order valence-corrected chi connectivity index (χ1v) is 10.5. The maximum atomic E-state index is 6.79. The molecule has 0 aliphatic rings. The lowest BCUT2D eigenvalue weighted by atomic mass is 10.2. The summed E-state index contributed by atoms with van der Waals surface area (Å²) in [5, 5.41) is 0. The third-order valence-electron chi connectivity index (χ3n) is 3.12. The van der Waals surface area contributed by atoms with Gasteiger partial charge in [0.1, 0.15) is 0 Å². The van der Waals surface area contributed by atoms with Gasteiger partial charge in [0.15, 0.2) is 7.38 Å². The van der Waals surface area contributed by atoms with Crippen molar-refractivity contribution in [1.82, 2.24) is 0 Å². The van der Waals surface area contributed by atoms with Crippen molar-refractivity contribution in [2.45, 2.75) is 83.8 Å². The predicted molar refractivity (Wildman–Crippen MR) is 75.4 cm³/mol. The van der Waals surface area contributed by atoms with Crippen LogP contribution in [-0.4, -0.2) is 7.38 Å². The van der Waals surface area contributed by atoms with E-state index in [0.29, 0.717) is 0 Å². The molecule has 0 heterocycles. The van der Waals surface area contributed by atoms with E-state index in [0.717, 1.165) is 0 Å². The largest absolute Gasteiger partial charge is 0.167 e. The minimum Gasteiger partial charge on any atom is -0.167 e. The summed E-state index contributed by atoms with van der Waals surface area (Å²) < 4.78 is 0. The zero-order chi connectivity index (χ0) is 11.6. The van der Waals surface area contributed by atoms with Gasteiger partial charge < -0.3 is 0 Å². The van der Waals surface area contributed by atoms with Gasteiger partial charge in [-0.3, -0.25) is 0 Å². The van der Waals surface area contributed by atoms with Crippen molar-refractivity contribution >= 4 is 18.5 Å². The van der Waals surface area contributed by atoms with Crippen LogP contribution in [0.2, 0.25) is 18.1 Å². The predicted octanol–water partition coefficient (Wildman–Crippen LogP) is 5.96. The molecule has 0 amide bonds. The van der Waals surface area contributed by atoms with E-state index < -0.39 is 7.38 Å². The van der Waals surface area contributed by atoms with E-state index in [9.17, 15) is 0 Å². The fourth-order valence-electron chi connectivity index (χ4n) is 2.32. The average molecular weight is 249 g/mol. The van der Waals surface area contributed by atoms with Gasteiger partial charge in [-0.05, 0) is 18.1 Å². The Labute approximate surface area is 103 Å². The average Bonchev–Trinajstić information content (AvgIpc) is 2.18. The van der Waals surface area contributed by atoms with E-state index in [1.807, 2.05) is 0 Å². The van der Waals surface area contributed by atoms with Crippen molar-refractivity contribution in [1.29, 1.82) is 0 Å². The third-order valence-corrected chi connectivity index (χ3v) is 8.87. The maximum Gasteiger partial charge on any atom is 0.156 e. The number of halogens is 1. The Bertz CT molecular complexity index is 130. The Morgan fingerprint density at radius 3 is 1.67 bits per heavy atom. The highest BCUT2D eigenvalue weighted by Gasteiger charge is 2.27. The number of rotatable bonds is 10. The van der Waals surface area contributed by atoms with Crippen LogP contribution in [0.4, 0.5) is 0 Å². The smallest absolute Gasteiger partial charge is 0.156 e. The molecule has 0 spiro atoms. The first-order chi connectivity index (χ1) is 7.18. The molecule has 0 rings (SSSR count). The number of unbranched alkanes of at least 4 members (excludes halogenated alkanes) is 4. The first kappa shape index (κ1) is 15.5. The van der Waals surface area contributed by atoms with Crippen LogP contribution in [0.3, 0.4) is 0 Å². The molecule has 0 aliphatic carbocycles. The summed E-state index contributed by atoms with van der Waals surface area (Å²) in [6.45, 7) is 6.82. The summed E-state index contributed by atoms with van der Waals surface area (Å²) in [5.74, 6) is 0. The summed E-state index contributed by atoms with van der Waals surface area (Å²) in [4.78, 5) is 0. The molecule has 0 saturated heterocycles. The standard InChI is InChI=1S/C13H29ClSi/c1-4-7-8-9-10-13-15(14,11-5-2)12-6-3/h4-13H2,1-3H3. The summed E-state index contributed by atoms with van der Waals surface area (Å²) in [6.07, 6.45) is 9.51. The maximum absolute atomic E-state index is 6.79. The van der Waals surface area contributed by atoms with Crippen LogP contribution in [0.15, 0.2) is 0 Å². The van der Waals surface area contributed by atoms with Gasteiger partial charge in [-0.15, -0.1) is 0 Å². The Balaban J connectivity index is 3.65. The highest BCUT2D eigenvalue weighted by Crippen LogP contribution is 2.30. The normalized spacial score (nSPS) is 12.0. The lowest BCUT2D eigenvalue weighted by Crippen LogP contribution is -2.25. The summed E-state index contributed by atoms with van der Waals surface area (Å²) in [6, 6.07) is 4.02. The molecule has 0 radical (unpaired) electrons. The molecule has 0 nitrogen and oxygen atoms in total. The molecule has 0 aromatic heterocycles. The van der Waals surface area contributed by atoms with Crippen molar-refractivity contribution < 1.29 is 0 Å². The topological polar surface area (TPSA) is 0 Å².